The zero-order valence-electron chi connectivity index (χ0n) is 21.9. The van der Waals surface area contributed by atoms with Gasteiger partial charge in [-0.25, -0.2) is 0 Å². The summed E-state index contributed by atoms with van der Waals surface area (Å²) in [5.41, 5.74) is 0. The van der Waals surface area contributed by atoms with Crippen LogP contribution in [0, 0.1) is 11.8 Å². The van der Waals surface area contributed by atoms with E-state index >= 15 is 0 Å². The Morgan fingerprint density at radius 1 is 1.00 bits per heavy atom. The maximum Gasteiger partial charge on any atom is 0.192 e. The molecule has 0 aliphatic rings. The molecule has 0 fully saturated rings. The Balaban J connectivity index is 6.28. The Bertz CT molecular complexity index is 520. The smallest absolute Gasteiger partial charge is 0.192 e. The highest BCUT2D eigenvalue weighted by Gasteiger charge is 2.46. The van der Waals surface area contributed by atoms with Crippen molar-refractivity contribution in [2.45, 2.75) is 117 Å². The number of ketones is 1. The second-order valence-corrected chi connectivity index (χ2v) is 19.8. The molecule has 0 aliphatic carbocycles. The fourth-order valence-corrected chi connectivity index (χ4v) is 8.11. The van der Waals surface area contributed by atoms with Gasteiger partial charge in [-0.1, -0.05) is 61.5 Å². The predicted molar refractivity (Wildman–Crippen MR) is 134 cm³/mol. The molecule has 4 nitrogen and oxygen atoms in total. The predicted octanol–water partition coefficient (Wildman–Crippen LogP) is 6.83. The van der Waals surface area contributed by atoms with Crippen molar-refractivity contribution in [3.63, 3.8) is 0 Å². The van der Waals surface area contributed by atoms with E-state index < -0.39 is 16.6 Å². The molecule has 0 heterocycles. The molecule has 5 atom stereocenters. The molecule has 0 rings (SSSR count). The van der Waals surface area contributed by atoms with Crippen LogP contribution in [0.4, 0.5) is 0 Å². The third-order valence-corrected chi connectivity index (χ3v) is 16.7. The Morgan fingerprint density at radius 3 is 1.77 bits per heavy atom. The molecule has 0 bridgehead atoms. The van der Waals surface area contributed by atoms with Gasteiger partial charge in [-0.3, -0.25) is 4.79 Å². The van der Waals surface area contributed by atoms with Crippen LogP contribution in [0.5, 0.6) is 0 Å². The zero-order valence-corrected chi connectivity index (χ0v) is 23.9. The fourth-order valence-electron chi connectivity index (χ4n) is 3.73. The summed E-state index contributed by atoms with van der Waals surface area (Å²) < 4.78 is 19.7. The number of carbonyl (C=O) groups is 1. The summed E-state index contributed by atoms with van der Waals surface area (Å²) in [6.45, 7) is 27.7. The molecule has 0 amide bonds. The third-order valence-electron chi connectivity index (χ3n) is 7.55. The number of rotatable bonds is 14. The summed E-state index contributed by atoms with van der Waals surface area (Å²) in [7, 11) is -2.28. The summed E-state index contributed by atoms with van der Waals surface area (Å²) in [4.78, 5) is 12.5. The molecular weight excluding hydrogens is 408 g/mol. The Labute approximate surface area is 189 Å². The Hall–Kier alpha value is -0.276. The lowest BCUT2D eigenvalue weighted by Gasteiger charge is -2.46. The molecule has 0 aromatic rings. The average Bonchev–Trinajstić information content (AvgIpc) is 2.68. The highest BCUT2D eigenvalue weighted by atomic mass is 28.4. The van der Waals surface area contributed by atoms with Gasteiger partial charge < -0.3 is 13.6 Å². The first kappa shape index (κ1) is 29.7. The largest absolute Gasteiger partial charge is 0.413 e. The van der Waals surface area contributed by atoms with Crippen LogP contribution in [0.25, 0.3) is 0 Å². The van der Waals surface area contributed by atoms with Gasteiger partial charge in [0.25, 0.3) is 0 Å². The quantitative estimate of drug-likeness (QED) is 0.211. The zero-order chi connectivity index (χ0) is 23.9. The van der Waals surface area contributed by atoms with E-state index in [0.717, 1.165) is 18.1 Å². The molecule has 0 saturated heterocycles. The van der Waals surface area contributed by atoms with Crippen LogP contribution < -0.4 is 0 Å². The van der Waals surface area contributed by atoms with Crippen LogP contribution >= 0.6 is 0 Å². The number of Topliss-reactive ketones (excluding diaryl/α,β-unsaturated/α-hetero) is 1. The lowest BCUT2D eigenvalue weighted by atomic mass is 9.85. The molecule has 30 heavy (non-hydrogen) atoms. The van der Waals surface area contributed by atoms with Crippen LogP contribution in [-0.2, 0) is 18.4 Å². The molecule has 178 valence electrons. The number of methoxy groups -OCH3 is 1. The monoisotopic (exact) mass is 458 g/mol. The van der Waals surface area contributed by atoms with Crippen molar-refractivity contribution in [1.29, 1.82) is 0 Å². The molecule has 0 radical (unpaired) electrons. The molecule has 0 aromatic heterocycles. The van der Waals surface area contributed by atoms with Crippen molar-refractivity contribution in [3.05, 3.63) is 12.7 Å². The minimum absolute atomic E-state index is 0.00231. The molecule has 6 heteroatoms. The lowest BCUT2D eigenvalue weighted by Crippen LogP contribution is -2.54. The first-order valence-corrected chi connectivity index (χ1v) is 17.1. The first-order valence-electron chi connectivity index (χ1n) is 11.7. The SMILES string of the molecule is C=C[C@H](OC)[C@H](O[Si](CC)(CC)CC)[C@H](C)[C@@H](O[Si](C)(C)C(C)(C)C)[C@H](C)C(C)=O. The number of hydrogen-bond acceptors (Lipinski definition) is 4. The maximum absolute atomic E-state index is 12.5. The third kappa shape index (κ3) is 7.40. The van der Waals surface area contributed by atoms with Crippen LogP contribution in [0.2, 0.25) is 36.3 Å². The molecule has 0 aromatic carbocycles. The summed E-state index contributed by atoms with van der Waals surface area (Å²) in [5, 5.41) is 0.0612. The van der Waals surface area contributed by atoms with Gasteiger partial charge in [-0.15, -0.1) is 6.58 Å². The number of hydrogen-bond donors (Lipinski definition) is 0. The molecule has 0 aliphatic heterocycles. The van der Waals surface area contributed by atoms with Gasteiger partial charge in [0.2, 0.25) is 0 Å². The van der Waals surface area contributed by atoms with Crippen molar-refractivity contribution in [3.8, 4) is 0 Å². The number of carbonyl (C=O) groups excluding carboxylic acids is 1. The molecule has 0 N–H and O–H groups in total. The van der Waals surface area contributed by atoms with E-state index in [0.29, 0.717) is 0 Å². The van der Waals surface area contributed by atoms with E-state index in [-0.39, 0.29) is 41.0 Å². The van der Waals surface area contributed by atoms with E-state index in [9.17, 15) is 4.79 Å². The second kappa shape index (κ2) is 12.1. The molecule has 0 spiro atoms. The van der Waals surface area contributed by atoms with Crippen molar-refractivity contribution in [2.75, 3.05) is 7.11 Å². The topological polar surface area (TPSA) is 44.8 Å². The lowest BCUT2D eigenvalue weighted by molar-refractivity contribution is -0.126. The summed E-state index contributed by atoms with van der Waals surface area (Å²) in [5.74, 6) is -0.0529. The standard InChI is InChI=1S/C24H50O4Si2/c1-14-21(26-11)23(28-30(15-2,16-3)17-4)19(6)22(18(5)20(7)25)27-29(12,13)24(8,9)10/h14,18-19,21-23H,1,15-17H2,2-13H3/t18-,19-,21+,22+,23-/m1/s1. The van der Waals surface area contributed by atoms with Gasteiger partial charge in [0.1, 0.15) is 11.9 Å². The summed E-state index contributed by atoms with van der Waals surface area (Å²) >= 11 is 0. The minimum Gasteiger partial charge on any atom is -0.413 e. The number of ether oxygens (including phenoxy) is 1. The van der Waals surface area contributed by atoms with E-state index in [4.69, 9.17) is 13.6 Å². The Morgan fingerprint density at radius 2 is 1.47 bits per heavy atom. The van der Waals surface area contributed by atoms with Crippen molar-refractivity contribution >= 4 is 22.4 Å². The Kier molecular flexibility index (Phi) is 12.0. The van der Waals surface area contributed by atoms with Crippen molar-refractivity contribution in [1.82, 2.24) is 0 Å². The average molecular weight is 459 g/mol. The van der Waals surface area contributed by atoms with Gasteiger partial charge >= 0.3 is 0 Å². The highest BCUT2D eigenvalue weighted by Crippen LogP contribution is 2.41. The van der Waals surface area contributed by atoms with Gasteiger partial charge in [0, 0.05) is 18.9 Å². The van der Waals surface area contributed by atoms with Gasteiger partial charge in [0.15, 0.2) is 16.6 Å². The van der Waals surface area contributed by atoms with Crippen LogP contribution in [0.1, 0.15) is 62.3 Å². The summed E-state index contributed by atoms with van der Waals surface area (Å²) in [6, 6.07) is 3.19. The maximum atomic E-state index is 12.5. The fraction of sp³-hybridized carbons (Fsp3) is 0.875. The van der Waals surface area contributed by atoms with Crippen LogP contribution in [-0.4, -0.2) is 47.8 Å². The van der Waals surface area contributed by atoms with E-state index in [1.165, 1.54) is 0 Å². The molecular formula is C24H50O4Si2. The van der Waals surface area contributed by atoms with E-state index in [1.54, 1.807) is 14.0 Å². The van der Waals surface area contributed by atoms with Crippen molar-refractivity contribution < 1.29 is 18.4 Å². The van der Waals surface area contributed by atoms with Gasteiger partial charge in [-0.05, 0) is 43.2 Å². The normalized spacial score (nSPS) is 18.4. The second-order valence-electron chi connectivity index (χ2n) is 10.4. The summed E-state index contributed by atoms with van der Waals surface area (Å²) in [6.07, 6.45) is 1.20. The highest BCUT2D eigenvalue weighted by molar-refractivity contribution is 6.74. The minimum atomic E-state index is -2.09. The van der Waals surface area contributed by atoms with Gasteiger partial charge in [-0.2, -0.15) is 0 Å². The van der Waals surface area contributed by atoms with Crippen molar-refractivity contribution in [2.24, 2.45) is 11.8 Å². The van der Waals surface area contributed by atoms with Gasteiger partial charge in [0.05, 0.1) is 12.2 Å². The van der Waals surface area contributed by atoms with E-state index in [1.807, 2.05) is 13.0 Å². The van der Waals surface area contributed by atoms with Crippen LogP contribution in [0.3, 0.4) is 0 Å². The first-order chi connectivity index (χ1) is 13.7. The molecule has 0 unspecified atom stereocenters. The van der Waals surface area contributed by atoms with Crippen LogP contribution in [0.15, 0.2) is 12.7 Å². The van der Waals surface area contributed by atoms with E-state index in [2.05, 4.69) is 68.1 Å². The molecule has 0 saturated carbocycles.